The molecule has 0 radical (unpaired) electrons. The average molecular weight is 406 g/mol. The highest BCUT2D eigenvalue weighted by atomic mass is 35.5. The van der Waals surface area contributed by atoms with Crippen LogP contribution in [-0.4, -0.2) is 44.0 Å². The number of rotatable bonds is 4. The lowest BCUT2D eigenvalue weighted by Crippen LogP contribution is -2.63. The fraction of sp³-hybridized carbons (Fsp3) is 0.696. The Labute approximate surface area is 174 Å². The van der Waals surface area contributed by atoms with Crippen molar-refractivity contribution < 1.29 is 14.3 Å². The summed E-state index contributed by atoms with van der Waals surface area (Å²) in [4.78, 5) is 15.7. The predicted octanol–water partition coefficient (Wildman–Crippen LogP) is 4.02. The van der Waals surface area contributed by atoms with E-state index in [0.717, 1.165) is 43.2 Å². The molecule has 0 amide bonds. The highest BCUT2D eigenvalue weighted by Gasteiger charge is 2.58. The van der Waals surface area contributed by atoms with Crippen molar-refractivity contribution in [3.8, 4) is 11.5 Å². The van der Waals surface area contributed by atoms with E-state index in [1.165, 1.54) is 30.5 Å². The van der Waals surface area contributed by atoms with Gasteiger partial charge in [-0.25, -0.2) is 0 Å². The van der Waals surface area contributed by atoms with Crippen LogP contribution in [0, 0.1) is 17.8 Å². The summed E-state index contributed by atoms with van der Waals surface area (Å²) in [6.45, 7) is 4.50. The molecule has 0 spiro atoms. The minimum Gasteiger partial charge on any atom is -0.493 e. The largest absolute Gasteiger partial charge is 0.493 e. The van der Waals surface area contributed by atoms with Gasteiger partial charge in [-0.1, -0.05) is 13.0 Å². The van der Waals surface area contributed by atoms with Crippen molar-refractivity contribution in [2.75, 3.05) is 27.3 Å². The molecule has 3 aliphatic carbocycles. The van der Waals surface area contributed by atoms with Crippen molar-refractivity contribution in [2.24, 2.45) is 17.8 Å². The lowest BCUT2D eigenvalue weighted by Gasteiger charge is -2.59. The van der Waals surface area contributed by atoms with Crippen LogP contribution in [0.25, 0.3) is 0 Å². The topological polar surface area (TPSA) is 38.8 Å². The molecule has 1 aromatic carbocycles. The molecular formula is C23H32ClNO3. The standard InChI is InChI=1S/C23H31NO3.ClH/c1-14-10-17-18-11-16-6-7-20(26-2)22(27-3)21(16)23(17,12-19(14)25)8-9-24(18)13-15-4-5-15;/h6-7,14-15,17-18H,4-5,8-13H2,1-3H3;1H/t14-,17?,18?,23?;/m0./s1. The molecule has 154 valence electrons. The maximum absolute atomic E-state index is 12.9. The van der Waals surface area contributed by atoms with Crippen molar-refractivity contribution in [3.63, 3.8) is 0 Å². The first-order valence-corrected chi connectivity index (χ1v) is 10.6. The molecule has 1 heterocycles. The van der Waals surface area contributed by atoms with Gasteiger partial charge in [-0.15, -0.1) is 12.4 Å². The number of likely N-dealkylation sites (tertiary alicyclic amines) is 1. The van der Waals surface area contributed by atoms with E-state index in [0.29, 0.717) is 24.2 Å². The number of benzene rings is 1. The fourth-order valence-corrected chi connectivity index (χ4v) is 6.35. The molecule has 2 bridgehead atoms. The number of piperidine rings is 1. The lowest BCUT2D eigenvalue weighted by molar-refractivity contribution is -0.132. The van der Waals surface area contributed by atoms with E-state index < -0.39 is 0 Å². The van der Waals surface area contributed by atoms with Gasteiger partial charge in [0.05, 0.1) is 14.2 Å². The number of carbonyl (C=O) groups is 1. The molecule has 2 saturated carbocycles. The van der Waals surface area contributed by atoms with Crippen LogP contribution in [0.4, 0.5) is 0 Å². The van der Waals surface area contributed by atoms with Gasteiger partial charge in [-0.3, -0.25) is 9.69 Å². The third-order valence-electron chi connectivity index (χ3n) is 7.88. The highest BCUT2D eigenvalue weighted by molar-refractivity contribution is 5.85. The number of nitrogens with zero attached hydrogens (tertiary/aromatic N) is 1. The quantitative estimate of drug-likeness (QED) is 0.758. The predicted molar refractivity (Wildman–Crippen MR) is 112 cm³/mol. The molecule has 5 heteroatoms. The van der Waals surface area contributed by atoms with Crippen LogP contribution in [0.2, 0.25) is 0 Å². The molecule has 0 N–H and O–H groups in total. The number of ether oxygens (including phenoxy) is 2. The van der Waals surface area contributed by atoms with Crippen LogP contribution in [-0.2, 0) is 16.6 Å². The Morgan fingerprint density at radius 2 is 2.00 bits per heavy atom. The van der Waals surface area contributed by atoms with E-state index in [-0.39, 0.29) is 23.7 Å². The number of ketones is 1. The third kappa shape index (κ3) is 2.87. The molecule has 5 rings (SSSR count). The summed E-state index contributed by atoms with van der Waals surface area (Å²) in [6, 6.07) is 4.84. The molecular weight excluding hydrogens is 374 g/mol. The van der Waals surface area contributed by atoms with Crippen molar-refractivity contribution >= 4 is 18.2 Å². The lowest BCUT2D eigenvalue weighted by atomic mass is 9.50. The third-order valence-corrected chi connectivity index (χ3v) is 7.88. The second-order valence-corrected chi connectivity index (χ2v) is 9.34. The molecule has 4 nitrogen and oxygen atoms in total. The Hall–Kier alpha value is -1.26. The average Bonchev–Trinajstić information content (AvgIpc) is 3.48. The maximum Gasteiger partial charge on any atom is 0.164 e. The fourth-order valence-electron chi connectivity index (χ4n) is 6.35. The van der Waals surface area contributed by atoms with Crippen molar-refractivity contribution in [1.29, 1.82) is 0 Å². The minimum atomic E-state index is -0.0677. The molecule has 0 aromatic heterocycles. The van der Waals surface area contributed by atoms with Gasteiger partial charge in [-0.2, -0.15) is 0 Å². The zero-order valence-corrected chi connectivity index (χ0v) is 18.0. The first-order valence-electron chi connectivity index (χ1n) is 10.6. The van der Waals surface area contributed by atoms with E-state index >= 15 is 0 Å². The zero-order valence-electron chi connectivity index (χ0n) is 17.2. The van der Waals surface area contributed by atoms with E-state index in [1.807, 2.05) is 6.07 Å². The highest BCUT2D eigenvalue weighted by Crippen LogP contribution is 2.59. The molecule has 3 fully saturated rings. The molecule has 28 heavy (non-hydrogen) atoms. The summed E-state index contributed by atoms with van der Waals surface area (Å²) in [5, 5.41) is 0. The summed E-state index contributed by atoms with van der Waals surface area (Å²) in [7, 11) is 3.45. The second-order valence-electron chi connectivity index (χ2n) is 9.34. The SMILES string of the molecule is COc1ccc2c(c1OC)C13CCN(CC4CC4)C(C2)C1C[C@H](C)C(=O)C3.Cl. The van der Waals surface area contributed by atoms with Gasteiger partial charge in [0.25, 0.3) is 0 Å². The summed E-state index contributed by atoms with van der Waals surface area (Å²) in [5.41, 5.74) is 2.59. The number of Topliss-reactive ketones (excluding diaryl/α,β-unsaturated/α-hetero) is 1. The number of methoxy groups -OCH3 is 2. The number of hydrogen-bond acceptors (Lipinski definition) is 4. The van der Waals surface area contributed by atoms with Crippen molar-refractivity contribution in [1.82, 2.24) is 4.90 Å². The van der Waals surface area contributed by atoms with Crippen LogP contribution >= 0.6 is 12.4 Å². The number of halogens is 1. The minimum absolute atomic E-state index is 0. The summed E-state index contributed by atoms with van der Waals surface area (Å²) < 4.78 is 11.5. The first-order chi connectivity index (χ1) is 13.1. The van der Waals surface area contributed by atoms with Crippen LogP contribution < -0.4 is 9.47 Å². The Balaban J connectivity index is 0.00000192. The monoisotopic (exact) mass is 405 g/mol. The van der Waals surface area contributed by atoms with Crippen molar-refractivity contribution in [3.05, 3.63) is 23.3 Å². The van der Waals surface area contributed by atoms with Gasteiger partial charge in [0, 0.05) is 35.9 Å². The maximum atomic E-state index is 12.9. The van der Waals surface area contributed by atoms with Crippen LogP contribution in [0.15, 0.2) is 12.1 Å². The number of hydrogen-bond donors (Lipinski definition) is 0. The van der Waals surface area contributed by atoms with Crippen LogP contribution in [0.3, 0.4) is 0 Å². The van der Waals surface area contributed by atoms with Gasteiger partial charge in [0.15, 0.2) is 11.5 Å². The smallest absolute Gasteiger partial charge is 0.164 e. The van der Waals surface area contributed by atoms with E-state index in [1.54, 1.807) is 14.2 Å². The summed E-state index contributed by atoms with van der Waals surface area (Å²) in [6.07, 6.45) is 6.63. The molecule has 1 aliphatic heterocycles. The van der Waals surface area contributed by atoms with E-state index in [9.17, 15) is 4.79 Å². The van der Waals surface area contributed by atoms with Gasteiger partial charge in [0.1, 0.15) is 5.78 Å². The molecule has 3 unspecified atom stereocenters. The summed E-state index contributed by atoms with van der Waals surface area (Å²) >= 11 is 0. The van der Waals surface area contributed by atoms with E-state index in [4.69, 9.17) is 9.47 Å². The van der Waals surface area contributed by atoms with Crippen molar-refractivity contribution in [2.45, 2.75) is 56.9 Å². The normalized spacial score (nSPS) is 34.1. The molecule has 4 aliphatic rings. The Kier molecular flexibility index (Phi) is 5.16. The van der Waals surface area contributed by atoms with E-state index in [2.05, 4.69) is 17.9 Å². The van der Waals surface area contributed by atoms with Crippen LogP contribution in [0.1, 0.15) is 50.2 Å². The zero-order chi connectivity index (χ0) is 18.8. The number of carbonyl (C=O) groups excluding carboxylic acids is 1. The first kappa shape index (κ1) is 20.0. The molecule has 4 atom stereocenters. The molecule has 1 saturated heterocycles. The Bertz CT molecular complexity index is 777. The molecule has 1 aromatic rings. The summed E-state index contributed by atoms with van der Waals surface area (Å²) in [5.74, 6) is 3.74. The van der Waals surface area contributed by atoms with Gasteiger partial charge in [0.2, 0.25) is 0 Å². The Morgan fingerprint density at radius 3 is 2.68 bits per heavy atom. The van der Waals surface area contributed by atoms with Gasteiger partial charge < -0.3 is 9.47 Å². The number of fused-ring (bicyclic) bond motifs is 1. The second kappa shape index (κ2) is 7.21. The van der Waals surface area contributed by atoms with Crippen LogP contribution in [0.5, 0.6) is 11.5 Å². The van der Waals surface area contributed by atoms with Gasteiger partial charge in [-0.05, 0) is 62.1 Å². The van der Waals surface area contributed by atoms with Gasteiger partial charge >= 0.3 is 0 Å². The Morgan fingerprint density at radius 1 is 1.21 bits per heavy atom.